The molecule has 0 fully saturated rings. The van der Waals surface area contributed by atoms with Gasteiger partial charge in [0.15, 0.2) is 0 Å². The molecule has 0 radical (unpaired) electrons. The number of pyridine rings is 1. The highest BCUT2D eigenvalue weighted by molar-refractivity contribution is 7.10. The lowest BCUT2D eigenvalue weighted by Crippen LogP contribution is -2.35. The highest BCUT2D eigenvalue weighted by atomic mass is 32.1. The van der Waals surface area contributed by atoms with Crippen molar-refractivity contribution < 1.29 is 4.79 Å². The summed E-state index contributed by atoms with van der Waals surface area (Å²) in [6, 6.07) is 12.9. The molecule has 4 N–H and O–H groups in total. The van der Waals surface area contributed by atoms with Crippen molar-refractivity contribution in [1.82, 2.24) is 19.7 Å². The molecule has 37 heavy (non-hydrogen) atoms. The Morgan fingerprint density at radius 1 is 1.05 bits per heavy atom. The molecule has 4 aromatic rings. The summed E-state index contributed by atoms with van der Waals surface area (Å²) in [5, 5.41) is 10.7. The van der Waals surface area contributed by atoms with Crippen molar-refractivity contribution in [1.29, 1.82) is 0 Å². The highest BCUT2D eigenvalue weighted by Gasteiger charge is 2.22. The lowest BCUT2D eigenvalue weighted by molar-refractivity contribution is 0.0826. The first-order chi connectivity index (χ1) is 17.8. The van der Waals surface area contributed by atoms with Crippen LogP contribution in [0.1, 0.15) is 40.2 Å². The smallest absolute Gasteiger partial charge is 0.291 e. The molecule has 3 heterocycles. The highest BCUT2D eigenvalue weighted by Crippen LogP contribution is 2.27. The summed E-state index contributed by atoms with van der Waals surface area (Å²) in [6.45, 7) is 2.10. The average Bonchev–Trinajstić information content (AvgIpc) is 3.43. The van der Waals surface area contributed by atoms with Gasteiger partial charge in [0.1, 0.15) is 22.6 Å². The van der Waals surface area contributed by atoms with Crippen LogP contribution in [0.4, 0.5) is 17.1 Å². The second-order valence-corrected chi connectivity index (χ2v) is 9.60. The van der Waals surface area contributed by atoms with Crippen molar-refractivity contribution in [2.24, 2.45) is 0 Å². The van der Waals surface area contributed by atoms with Crippen molar-refractivity contribution in [2.75, 3.05) is 24.7 Å². The first-order valence-corrected chi connectivity index (χ1v) is 12.6. The lowest BCUT2D eigenvalue weighted by atomic mass is 10.1. The van der Waals surface area contributed by atoms with E-state index >= 15 is 0 Å². The standard InChI is InChI=1S/C26H28N6O4S/c1-4-18(20-11-8-12-37-20)28-21-22(29-19-14-27-13-17(23(19)33)25(35)31(2)3)26(36)32(30-24(21)34)15-16-9-6-5-7-10-16/h5-14,18,28-29H,4,15H2,1-3H3,(H,27,33)(H,30,34). The summed E-state index contributed by atoms with van der Waals surface area (Å²) >= 11 is 1.53. The summed E-state index contributed by atoms with van der Waals surface area (Å²) in [5.41, 5.74) is -1.04. The first-order valence-electron chi connectivity index (χ1n) is 11.7. The minimum Gasteiger partial charge on any atom is -0.371 e. The minimum absolute atomic E-state index is 0.0123. The molecule has 0 saturated heterocycles. The SMILES string of the molecule is CCC(Nc1c(Nc2c[nH]cc(C(=O)N(C)C)c2=O)c(=O)n(Cc2ccccc2)[nH]c1=O)c1cccs1. The molecule has 1 atom stereocenters. The predicted molar refractivity (Wildman–Crippen MR) is 146 cm³/mol. The third-order valence-electron chi connectivity index (χ3n) is 5.81. The van der Waals surface area contributed by atoms with Gasteiger partial charge in [-0.15, -0.1) is 11.3 Å². The van der Waals surface area contributed by atoms with Gasteiger partial charge in [-0.05, 0) is 23.4 Å². The van der Waals surface area contributed by atoms with E-state index in [1.807, 2.05) is 54.8 Å². The normalized spacial score (nSPS) is 11.6. The predicted octanol–water partition coefficient (Wildman–Crippen LogP) is 3.34. The van der Waals surface area contributed by atoms with Crippen LogP contribution in [0.3, 0.4) is 0 Å². The van der Waals surface area contributed by atoms with Crippen molar-refractivity contribution in [3.63, 3.8) is 0 Å². The van der Waals surface area contributed by atoms with Gasteiger partial charge < -0.3 is 20.5 Å². The van der Waals surface area contributed by atoms with E-state index in [1.54, 1.807) is 14.1 Å². The maximum atomic E-state index is 13.7. The van der Waals surface area contributed by atoms with Gasteiger partial charge in [-0.25, -0.2) is 4.68 Å². The van der Waals surface area contributed by atoms with Gasteiger partial charge in [0.05, 0.1) is 12.6 Å². The van der Waals surface area contributed by atoms with E-state index in [4.69, 9.17) is 0 Å². The maximum absolute atomic E-state index is 13.7. The number of carbonyl (C=O) groups excluding carboxylic acids is 1. The van der Waals surface area contributed by atoms with E-state index in [1.165, 1.54) is 33.3 Å². The Morgan fingerprint density at radius 2 is 1.81 bits per heavy atom. The molecule has 4 rings (SSSR count). The number of aromatic amines is 2. The Balaban J connectivity index is 1.84. The molecule has 192 valence electrons. The van der Waals surface area contributed by atoms with E-state index in [0.717, 1.165) is 10.4 Å². The number of aromatic nitrogens is 3. The van der Waals surface area contributed by atoms with Crippen LogP contribution in [0, 0.1) is 0 Å². The topological polar surface area (TPSA) is 132 Å². The fourth-order valence-corrected chi connectivity index (χ4v) is 4.73. The van der Waals surface area contributed by atoms with Crippen LogP contribution in [0.5, 0.6) is 0 Å². The Kier molecular flexibility index (Phi) is 7.73. The van der Waals surface area contributed by atoms with E-state index < -0.39 is 22.5 Å². The van der Waals surface area contributed by atoms with Gasteiger partial charge >= 0.3 is 0 Å². The fraction of sp³-hybridized carbons (Fsp3) is 0.231. The summed E-state index contributed by atoms with van der Waals surface area (Å²) in [7, 11) is 3.08. The summed E-state index contributed by atoms with van der Waals surface area (Å²) in [4.78, 5) is 57.6. The molecule has 0 aliphatic heterocycles. The molecule has 1 amide bonds. The number of H-pyrrole nitrogens is 2. The number of thiophene rings is 1. The van der Waals surface area contributed by atoms with Crippen LogP contribution < -0.4 is 27.2 Å². The van der Waals surface area contributed by atoms with Crippen molar-refractivity contribution >= 4 is 34.3 Å². The third-order valence-corrected chi connectivity index (χ3v) is 6.80. The van der Waals surface area contributed by atoms with E-state index in [0.29, 0.717) is 6.42 Å². The van der Waals surface area contributed by atoms with Crippen LogP contribution in [-0.4, -0.2) is 39.7 Å². The monoisotopic (exact) mass is 520 g/mol. The second kappa shape index (κ2) is 11.1. The van der Waals surface area contributed by atoms with Crippen molar-refractivity contribution in [3.05, 3.63) is 107 Å². The molecule has 0 saturated carbocycles. The Hall–Kier alpha value is -4.38. The average molecular weight is 521 g/mol. The van der Waals surface area contributed by atoms with Crippen LogP contribution in [0.15, 0.2) is 74.6 Å². The van der Waals surface area contributed by atoms with Gasteiger partial charge in [0.2, 0.25) is 5.43 Å². The van der Waals surface area contributed by atoms with E-state index in [9.17, 15) is 19.2 Å². The molecule has 1 aromatic carbocycles. The quantitative estimate of drug-likeness (QED) is 0.268. The number of rotatable bonds is 9. The van der Waals surface area contributed by atoms with E-state index in [2.05, 4.69) is 20.7 Å². The molecule has 0 spiro atoms. The molecule has 0 bridgehead atoms. The molecule has 3 aromatic heterocycles. The van der Waals surface area contributed by atoms with Gasteiger partial charge in [-0.3, -0.25) is 24.3 Å². The Morgan fingerprint density at radius 3 is 2.46 bits per heavy atom. The van der Waals surface area contributed by atoms with Gasteiger partial charge in [0, 0.05) is 31.4 Å². The number of amides is 1. The van der Waals surface area contributed by atoms with Crippen molar-refractivity contribution in [3.8, 4) is 0 Å². The third kappa shape index (κ3) is 5.56. The first kappa shape index (κ1) is 25.7. The minimum atomic E-state index is -0.594. The molecule has 11 heteroatoms. The van der Waals surface area contributed by atoms with Crippen LogP contribution >= 0.6 is 11.3 Å². The van der Waals surface area contributed by atoms with Crippen molar-refractivity contribution in [2.45, 2.75) is 25.9 Å². The van der Waals surface area contributed by atoms with Crippen LogP contribution in [-0.2, 0) is 6.54 Å². The van der Waals surface area contributed by atoms with Crippen LogP contribution in [0.2, 0.25) is 0 Å². The molecule has 0 aliphatic carbocycles. The maximum Gasteiger partial charge on any atom is 0.291 e. The summed E-state index contributed by atoms with van der Waals surface area (Å²) < 4.78 is 1.19. The zero-order valence-corrected chi connectivity index (χ0v) is 21.5. The number of nitrogens with zero attached hydrogens (tertiary/aromatic N) is 2. The van der Waals surface area contributed by atoms with Gasteiger partial charge in [0.25, 0.3) is 17.0 Å². The molecule has 1 unspecified atom stereocenters. The largest absolute Gasteiger partial charge is 0.371 e. The molecular formula is C26H28N6O4S. The number of hydrogen-bond acceptors (Lipinski definition) is 7. The Bertz CT molecular complexity index is 1550. The number of benzene rings is 1. The number of hydrogen-bond donors (Lipinski definition) is 4. The molecule has 10 nitrogen and oxygen atoms in total. The Labute approximate surface area is 216 Å². The molecular weight excluding hydrogens is 492 g/mol. The lowest BCUT2D eigenvalue weighted by Gasteiger charge is -2.20. The van der Waals surface area contributed by atoms with E-state index in [-0.39, 0.29) is 35.2 Å². The van der Waals surface area contributed by atoms with Crippen LogP contribution in [0.25, 0.3) is 0 Å². The van der Waals surface area contributed by atoms with Gasteiger partial charge in [-0.1, -0.05) is 43.3 Å². The number of anilines is 3. The second-order valence-electron chi connectivity index (χ2n) is 8.62. The number of carbonyl (C=O) groups is 1. The summed E-state index contributed by atoms with van der Waals surface area (Å²) in [5.74, 6) is -0.487. The zero-order chi connectivity index (χ0) is 26.5. The zero-order valence-electron chi connectivity index (χ0n) is 20.7. The van der Waals surface area contributed by atoms with Gasteiger partial charge in [-0.2, -0.15) is 0 Å². The molecule has 0 aliphatic rings. The summed E-state index contributed by atoms with van der Waals surface area (Å²) in [6.07, 6.45) is 3.32. The number of nitrogens with one attached hydrogen (secondary N) is 4. The fourth-order valence-electron chi connectivity index (χ4n) is 3.87.